The number of fused-ring (bicyclic) bond motifs is 1. The molecule has 1 heterocycles. The van der Waals surface area contributed by atoms with Gasteiger partial charge in [-0.1, -0.05) is 18.6 Å². The van der Waals surface area contributed by atoms with Gasteiger partial charge >= 0.3 is 0 Å². The molecule has 1 saturated carbocycles. The summed E-state index contributed by atoms with van der Waals surface area (Å²) in [5.41, 5.74) is 9.93. The number of carbonyl (C=O) groups excluding carboxylic acids is 1. The highest BCUT2D eigenvalue weighted by Crippen LogP contribution is 2.27. The van der Waals surface area contributed by atoms with Gasteiger partial charge in [0.1, 0.15) is 5.82 Å². The van der Waals surface area contributed by atoms with E-state index in [-0.39, 0.29) is 17.9 Å². The predicted molar refractivity (Wildman–Crippen MR) is 105 cm³/mol. The van der Waals surface area contributed by atoms with Crippen LogP contribution < -0.4 is 11.1 Å². The molecule has 3 N–H and O–H groups in total. The Bertz CT molecular complexity index is 929. The van der Waals surface area contributed by atoms with Gasteiger partial charge in [-0.2, -0.15) is 0 Å². The van der Waals surface area contributed by atoms with E-state index in [4.69, 9.17) is 10.7 Å². The van der Waals surface area contributed by atoms with Gasteiger partial charge in [0.2, 0.25) is 5.91 Å². The van der Waals surface area contributed by atoms with Crippen LogP contribution >= 0.6 is 0 Å². The van der Waals surface area contributed by atoms with E-state index >= 15 is 0 Å². The molecular weight excluding hydrogens is 324 g/mol. The van der Waals surface area contributed by atoms with E-state index in [1.54, 1.807) is 0 Å². The van der Waals surface area contributed by atoms with Gasteiger partial charge in [0.05, 0.1) is 11.0 Å². The van der Waals surface area contributed by atoms with Crippen LogP contribution in [0, 0.1) is 5.92 Å². The van der Waals surface area contributed by atoms with Crippen molar-refractivity contribution in [2.75, 3.05) is 5.32 Å². The SMILES string of the molecule is Cn1c(-c2ccc(NC(=O)C3CCCC(N)C3)cc2)nc2ccccc21. The third kappa shape index (κ3) is 3.22. The molecule has 1 fully saturated rings. The average molecular weight is 348 g/mol. The molecule has 0 bridgehead atoms. The molecule has 0 aliphatic heterocycles. The fourth-order valence-corrected chi connectivity index (χ4v) is 3.82. The number of carbonyl (C=O) groups is 1. The van der Waals surface area contributed by atoms with Crippen molar-refractivity contribution in [3.8, 4) is 11.4 Å². The first-order chi connectivity index (χ1) is 12.6. The first-order valence-electron chi connectivity index (χ1n) is 9.20. The zero-order valence-corrected chi connectivity index (χ0v) is 15.0. The number of nitrogens with two attached hydrogens (primary N) is 1. The van der Waals surface area contributed by atoms with Gasteiger partial charge in [-0.15, -0.1) is 0 Å². The second-order valence-corrected chi connectivity index (χ2v) is 7.17. The summed E-state index contributed by atoms with van der Waals surface area (Å²) in [7, 11) is 2.02. The Balaban J connectivity index is 1.51. The van der Waals surface area contributed by atoms with E-state index in [9.17, 15) is 4.79 Å². The molecule has 2 unspecified atom stereocenters. The summed E-state index contributed by atoms with van der Waals surface area (Å²) < 4.78 is 2.09. The molecule has 26 heavy (non-hydrogen) atoms. The van der Waals surface area contributed by atoms with Gasteiger partial charge < -0.3 is 15.6 Å². The summed E-state index contributed by atoms with van der Waals surface area (Å²) in [6, 6.07) is 16.1. The van der Waals surface area contributed by atoms with Crippen LogP contribution in [0.2, 0.25) is 0 Å². The molecule has 1 aromatic heterocycles. The number of rotatable bonds is 3. The molecule has 3 aromatic rings. The van der Waals surface area contributed by atoms with Crippen molar-refractivity contribution in [2.24, 2.45) is 18.7 Å². The molecule has 5 heteroatoms. The first kappa shape index (κ1) is 16.8. The van der Waals surface area contributed by atoms with Crippen LogP contribution in [0.3, 0.4) is 0 Å². The third-order valence-corrected chi connectivity index (χ3v) is 5.28. The molecular formula is C21H24N4O. The number of nitrogens with zero attached hydrogens (tertiary/aromatic N) is 2. The van der Waals surface area contributed by atoms with Crippen LogP contribution in [0.4, 0.5) is 5.69 Å². The van der Waals surface area contributed by atoms with E-state index < -0.39 is 0 Å². The molecule has 1 amide bonds. The summed E-state index contributed by atoms with van der Waals surface area (Å²) in [5.74, 6) is 1.02. The number of nitrogens with one attached hydrogen (secondary N) is 1. The normalized spacial score (nSPS) is 20.2. The highest BCUT2D eigenvalue weighted by atomic mass is 16.1. The maximum absolute atomic E-state index is 12.5. The molecule has 1 aliphatic rings. The minimum Gasteiger partial charge on any atom is -0.328 e. The summed E-state index contributed by atoms with van der Waals surface area (Å²) in [4.78, 5) is 17.2. The molecule has 1 aliphatic carbocycles. The van der Waals surface area contributed by atoms with Crippen LogP contribution in [0.15, 0.2) is 48.5 Å². The van der Waals surface area contributed by atoms with Crippen LogP contribution in [-0.2, 0) is 11.8 Å². The minimum absolute atomic E-state index is 0.0262. The second kappa shape index (κ2) is 6.92. The van der Waals surface area contributed by atoms with Gasteiger partial charge in [-0.3, -0.25) is 4.79 Å². The largest absolute Gasteiger partial charge is 0.328 e. The van der Waals surface area contributed by atoms with Crippen molar-refractivity contribution < 1.29 is 4.79 Å². The van der Waals surface area contributed by atoms with E-state index in [2.05, 4.69) is 16.0 Å². The van der Waals surface area contributed by atoms with Crippen LogP contribution in [-0.4, -0.2) is 21.5 Å². The third-order valence-electron chi connectivity index (χ3n) is 5.28. The highest BCUT2D eigenvalue weighted by Gasteiger charge is 2.25. The maximum atomic E-state index is 12.5. The second-order valence-electron chi connectivity index (χ2n) is 7.17. The van der Waals surface area contributed by atoms with E-state index in [1.807, 2.05) is 49.5 Å². The van der Waals surface area contributed by atoms with Gasteiger partial charge in [0.25, 0.3) is 0 Å². The number of aromatic nitrogens is 2. The van der Waals surface area contributed by atoms with Crippen LogP contribution in [0.1, 0.15) is 25.7 Å². The molecule has 0 radical (unpaired) electrons. The van der Waals surface area contributed by atoms with Gasteiger partial charge in [-0.05, 0) is 55.7 Å². The van der Waals surface area contributed by atoms with Gasteiger partial charge in [0.15, 0.2) is 0 Å². The molecule has 0 spiro atoms. The van der Waals surface area contributed by atoms with Gasteiger partial charge in [-0.25, -0.2) is 4.98 Å². The molecule has 2 atom stereocenters. The Morgan fingerprint density at radius 2 is 1.92 bits per heavy atom. The Morgan fingerprint density at radius 3 is 2.65 bits per heavy atom. The molecule has 134 valence electrons. The maximum Gasteiger partial charge on any atom is 0.227 e. The number of aryl methyl sites for hydroxylation is 1. The first-order valence-corrected chi connectivity index (χ1v) is 9.20. The lowest BCUT2D eigenvalue weighted by Gasteiger charge is -2.25. The fraction of sp³-hybridized carbons (Fsp3) is 0.333. The Labute approximate surface area is 153 Å². The monoisotopic (exact) mass is 348 g/mol. The number of para-hydroxylation sites is 2. The molecule has 0 saturated heterocycles. The number of imidazole rings is 1. The summed E-state index contributed by atoms with van der Waals surface area (Å²) in [5, 5.41) is 3.03. The Kier molecular flexibility index (Phi) is 4.47. The zero-order valence-electron chi connectivity index (χ0n) is 15.0. The number of anilines is 1. The highest BCUT2D eigenvalue weighted by molar-refractivity contribution is 5.93. The topological polar surface area (TPSA) is 72.9 Å². The molecule has 2 aromatic carbocycles. The van der Waals surface area contributed by atoms with Crippen molar-refractivity contribution in [1.82, 2.24) is 9.55 Å². The number of benzene rings is 2. The number of hydrogen-bond acceptors (Lipinski definition) is 3. The van der Waals surface area contributed by atoms with Crippen molar-refractivity contribution in [3.63, 3.8) is 0 Å². The smallest absolute Gasteiger partial charge is 0.227 e. The van der Waals surface area contributed by atoms with E-state index in [0.29, 0.717) is 0 Å². The van der Waals surface area contributed by atoms with Crippen molar-refractivity contribution >= 4 is 22.6 Å². The predicted octanol–water partition coefficient (Wildman–Crippen LogP) is 3.70. The zero-order chi connectivity index (χ0) is 18.1. The van der Waals surface area contributed by atoms with Gasteiger partial charge in [0, 0.05) is 30.3 Å². The standard InChI is InChI=1S/C21H24N4O/c1-25-19-8-3-2-7-18(19)24-20(25)14-9-11-17(12-10-14)23-21(26)15-5-4-6-16(22)13-15/h2-3,7-12,15-16H,4-6,13,22H2,1H3,(H,23,26). The lowest BCUT2D eigenvalue weighted by molar-refractivity contribution is -0.120. The Hall–Kier alpha value is -2.66. The van der Waals surface area contributed by atoms with Crippen molar-refractivity contribution in [2.45, 2.75) is 31.7 Å². The average Bonchev–Trinajstić information content (AvgIpc) is 2.99. The van der Waals surface area contributed by atoms with Crippen molar-refractivity contribution in [3.05, 3.63) is 48.5 Å². The summed E-state index contributed by atoms with van der Waals surface area (Å²) >= 11 is 0. The number of hydrogen-bond donors (Lipinski definition) is 2. The summed E-state index contributed by atoms with van der Waals surface area (Å²) in [6.45, 7) is 0. The van der Waals surface area contributed by atoms with Crippen molar-refractivity contribution in [1.29, 1.82) is 0 Å². The molecule has 4 rings (SSSR count). The van der Waals surface area contributed by atoms with Crippen LogP contribution in [0.25, 0.3) is 22.4 Å². The molecule has 5 nitrogen and oxygen atoms in total. The lowest BCUT2D eigenvalue weighted by Crippen LogP contribution is -2.34. The van der Waals surface area contributed by atoms with E-state index in [1.165, 1.54) is 0 Å². The van der Waals surface area contributed by atoms with Crippen LogP contribution in [0.5, 0.6) is 0 Å². The number of amides is 1. The Morgan fingerprint density at radius 1 is 1.15 bits per heavy atom. The summed E-state index contributed by atoms with van der Waals surface area (Å²) in [6.07, 6.45) is 3.77. The minimum atomic E-state index is 0.0262. The fourth-order valence-electron chi connectivity index (χ4n) is 3.82. The lowest BCUT2D eigenvalue weighted by atomic mass is 9.85. The quantitative estimate of drug-likeness (QED) is 0.758. The van der Waals surface area contributed by atoms with E-state index in [0.717, 1.165) is 53.8 Å².